The van der Waals surface area contributed by atoms with Crippen LogP contribution < -0.4 is 5.32 Å². The van der Waals surface area contributed by atoms with Crippen LogP contribution in [0.5, 0.6) is 0 Å². The summed E-state index contributed by atoms with van der Waals surface area (Å²) >= 11 is 0. The molecule has 1 aromatic carbocycles. The Kier molecular flexibility index (Phi) is 4.62. The summed E-state index contributed by atoms with van der Waals surface area (Å²) in [4.78, 5) is 11.6. The van der Waals surface area contributed by atoms with Crippen LogP contribution in [0.4, 0.5) is 0 Å². The van der Waals surface area contributed by atoms with Gasteiger partial charge < -0.3 is 5.32 Å². The molecule has 0 saturated heterocycles. The summed E-state index contributed by atoms with van der Waals surface area (Å²) in [5.41, 5.74) is 1.21. The van der Waals surface area contributed by atoms with Gasteiger partial charge in [0.15, 0.2) is 0 Å². The van der Waals surface area contributed by atoms with E-state index in [0.717, 1.165) is 5.56 Å². The molecule has 0 fully saturated rings. The highest BCUT2D eigenvalue weighted by atomic mass is 32.2. The number of hydrogen-bond acceptors (Lipinski definition) is 4. The summed E-state index contributed by atoms with van der Waals surface area (Å²) in [6, 6.07) is 5.84. The minimum atomic E-state index is -3.61. The maximum Gasteiger partial charge on any atom is 0.251 e. The van der Waals surface area contributed by atoms with E-state index in [1.165, 1.54) is 42.7 Å². The summed E-state index contributed by atoms with van der Waals surface area (Å²) in [6.07, 6.45) is 3.39. The van der Waals surface area contributed by atoms with E-state index in [1.54, 1.807) is 24.1 Å². The first kappa shape index (κ1) is 16.2. The van der Waals surface area contributed by atoms with Gasteiger partial charge in [0, 0.05) is 45.0 Å². The van der Waals surface area contributed by atoms with E-state index < -0.39 is 10.0 Å². The van der Waals surface area contributed by atoms with Crippen LogP contribution in [0.25, 0.3) is 0 Å². The molecule has 1 amide bonds. The molecule has 0 bridgehead atoms. The zero-order chi connectivity index (χ0) is 16.3. The highest BCUT2D eigenvalue weighted by Crippen LogP contribution is 2.17. The molecule has 2 rings (SSSR count). The van der Waals surface area contributed by atoms with Crippen molar-refractivity contribution in [1.29, 1.82) is 0 Å². The molecule has 7 nitrogen and oxygen atoms in total. The topological polar surface area (TPSA) is 84.3 Å². The summed E-state index contributed by atoms with van der Waals surface area (Å²) in [6.45, 7) is 0.230. The number of nitrogens with zero attached hydrogens (tertiary/aromatic N) is 3. The van der Waals surface area contributed by atoms with Gasteiger partial charge in [0.25, 0.3) is 5.91 Å². The summed E-state index contributed by atoms with van der Waals surface area (Å²) in [7, 11) is 1.19. The number of carbonyl (C=O) groups excluding carboxylic acids is 1. The SMILES string of the molecule is CNC(=O)c1ccc(S(=O)(=O)N(C)Cc2cnn(C)c2)cc1. The zero-order valence-corrected chi connectivity index (χ0v) is 13.5. The number of amides is 1. The third kappa shape index (κ3) is 3.34. The van der Waals surface area contributed by atoms with Crippen LogP contribution >= 0.6 is 0 Å². The summed E-state index contributed by atoms with van der Waals surface area (Å²) < 4.78 is 27.9. The summed E-state index contributed by atoms with van der Waals surface area (Å²) in [5, 5.41) is 6.50. The van der Waals surface area contributed by atoms with Crippen molar-refractivity contribution < 1.29 is 13.2 Å². The van der Waals surface area contributed by atoms with E-state index in [0.29, 0.717) is 5.56 Å². The van der Waals surface area contributed by atoms with Gasteiger partial charge in [-0.3, -0.25) is 9.48 Å². The number of aromatic nitrogens is 2. The lowest BCUT2D eigenvalue weighted by Gasteiger charge is -2.16. The molecule has 22 heavy (non-hydrogen) atoms. The van der Waals surface area contributed by atoms with Gasteiger partial charge in [-0.25, -0.2) is 8.42 Å². The Labute approximate surface area is 129 Å². The van der Waals surface area contributed by atoms with Gasteiger partial charge >= 0.3 is 0 Å². The molecule has 1 N–H and O–H groups in total. The van der Waals surface area contributed by atoms with Crippen molar-refractivity contribution in [2.24, 2.45) is 7.05 Å². The average molecular weight is 322 g/mol. The molecular formula is C14H18N4O3S. The molecule has 0 spiro atoms. The van der Waals surface area contributed by atoms with E-state index >= 15 is 0 Å². The number of rotatable bonds is 5. The van der Waals surface area contributed by atoms with Gasteiger partial charge in [-0.2, -0.15) is 9.40 Å². The fourth-order valence-corrected chi connectivity index (χ4v) is 3.16. The lowest BCUT2D eigenvalue weighted by atomic mass is 10.2. The number of hydrogen-bond donors (Lipinski definition) is 1. The molecule has 0 radical (unpaired) electrons. The minimum Gasteiger partial charge on any atom is -0.355 e. The molecule has 0 saturated carbocycles. The Morgan fingerprint density at radius 3 is 2.45 bits per heavy atom. The molecule has 0 aliphatic rings. The van der Waals surface area contributed by atoms with Crippen LogP contribution in [-0.2, 0) is 23.6 Å². The third-order valence-electron chi connectivity index (χ3n) is 3.22. The van der Waals surface area contributed by atoms with Crippen LogP contribution in [0.1, 0.15) is 15.9 Å². The molecule has 0 aliphatic heterocycles. The molecular weight excluding hydrogens is 304 g/mol. The van der Waals surface area contributed by atoms with Gasteiger partial charge in [-0.1, -0.05) is 0 Å². The predicted octanol–water partition coefficient (Wildman–Crippen LogP) is 0.600. The second-order valence-corrected chi connectivity index (χ2v) is 6.93. The lowest BCUT2D eigenvalue weighted by molar-refractivity contribution is 0.0963. The maximum atomic E-state index is 12.5. The van der Waals surface area contributed by atoms with Gasteiger partial charge in [0.2, 0.25) is 10.0 Å². The van der Waals surface area contributed by atoms with Crippen molar-refractivity contribution in [3.63, 3.8) is 0 Å². The smallest absolute Gasteiger partial charge is 0.251 e. The Bertz CT molecular complexity index is 766. The quantitative estimate of drug-likeness (QED) is 0.874. The van der Waals surface area contributed by atoms with Crippen LogP contribution in [-0.4, -0.2) is 42.5 Å². The molecule has 1 heterocycles. The third-order valence-corrected chi connectivity index (χ3v) is 5.03. The van der Waals surface area contributed by atoms with Crippen molar-refractivity contribution in [3.05, 3.63) is 47.8 Å². The van der Waals surface area contributed by atoms with E-state index in [9.17, 15) is 13.2 Å². The van der Waals surface area contributed by atoms with Crippen molar-refractivity contribution in [3.8, 4) is 0 Å². The van der Waals surface area contributed by atoms with E-state index in [1.807, 2.05) is 0 Å². The van der Waals surface area contributed by atoms with Crippen molar-refractivity contribution in [2.45, 2.75) is 11.4 Å². The molecule has 118 valence electrons. The van der Waals surface area contributed by atoms with Crippen LogP contribution in [0.15, 0.2) is 41.6 Å². The standard InChI is InChI=1S/C14H18N4O3S/c1-15-14(19)12-4-6-13(7-5-12)22(20,21)18(3)10-11-8-16-17(2)9-11/h4-9H,10H2,1-3H3,(H,15,19). The van der Waals surface area contributed by atoms with Crippen LogP contribution in [0.3, 0.4) is 0 Å². The molecule has 1 aromatic heterocycles. The number of benzene rings is 1. The normalized spacial score (nSPS) is 11.6. The zero-order valence-electron chi connectivity index (χ0n) is 12.6. The van der Waals surface area contributed by atoms with Crippen molar-refractivity contribution in [2.75, 3.05) is 14.1 Å². The van der Waals surface area contributed by atoms with Gasteiger partial charge in [0.05, 0.1) is 11.1 Å². The maximum absolute atomic E-state index is 12.5. The number of aryl methyl sites for hydroxylation is 1. The van der Waals surface area contributed by atoms with Crippen molar-refractivity contribution >= 4 is 15.9 Å². The van der Waals surface area contributed by atoms with E-state index in [4.69, 9.17) is 0 Å². The van der Waals surface area contributed by atoms with E-state index in [2.05, 4.69) is 10.4 Å². The highest BCUT2D eigenvalue weighted by molar-refractivity contribution is 7.89. The summed E-state index contributed by atoms with van der Waals surface area (Å²) in [5.74, 6) is -0.257. The monoisotopic (exact) mass is 322 g/mol. The molecule has 8 heteroatoms. The number of nitrogens with one attached hydrogen (secondary N) is 1. The fraction of sp³-hybridized carbons (Fsp3) is 0.286. The van der Waals surface area contributed by atoms with Crippen LogP contribution in [0.2, 0.25) is 0 Å². The van der Waals surface area contributed by atoms with Crippen LogP contribution in [0, 0.1) is 0 Å². The highest BCUT2D eigenvalue weighted by Gasteiger charge is 2.21. The second-order valence-electron chi connectivity index (χ2n) is 4.89. The van der Waals surface area contributed by atoms with Gasteiger partial charge in [0.1, 0.15) is 0 Å². The fourth-order valence-electron chi connectivity index (χ4n) is 2.00. The minimum absolute atomic E-state index is 0.145. The first-order chi connectivity index (χ1) is 10.3. The van der Waals surface area contributed by atoms with Crippen molar-refractivity contribution in [1.82, 2.24) is 19.4 Å². The second kappa shape index (κ2) is 6.29. The largest absolute Gasteiger partial charge is 0.355 e. The molecule has 0 aliphatic carbocycles. The number of carbonyl (C=O) groups is 1. The Morgan fingerprint density at radius 1 is 1.32 bits per heavy atom. The number of sulfonamides is 1. The first-order valence-electron chi connectivity index (χ1n) is 6.60. The average Bonchev–Trinajstić information content (AvgIpc) is 2.91. The Balaban J connectivity index is 2.20. The first-order valence-corrected chi connectivity index (χ1v) is 8.04. The predicted molar refractivity (Wildman–Crippen MR) is 81.7 cm³/mol. The van der Waals surface area contributed by atoms with Gasteiger partial charge in [-0.15, -0.1) is 0 Å². The Hall–Kier alpha value is -2.19. The van der Waals surface area contributed by atoms with E-state index in [-0.39, 0.29) is 17.3 Å². The van der Waals surface area contributed by atoms with Gasteiger partial charge in [-0.05, 0) is 24.3 Å². The lowest BCUT2D eigenvalue weighted by Crippen LogP contribution is -2.26. The molecule has 2 aromatic rings. The molecule has 0 atom stereocenters. The Morgan fingerprint density at radius 2 is 1.95 bits per heavy atom. The molecule has 0 unspecified atom stereocenters.